The minimum Gasteiger partial charge on any atom is -0.372 e. The molecule has 0 radical (unpaired) electrons. The summed E-state index contributed by atoms with van der Waals surface area (Å²) < 4.78 is 13.1. The molecule has 0 unspecified atom stereocenters. The standard InChI is InChI=1S/C13H13FN4O/c1-8-7-9(3-4-10(8)14)16-13(19)11-5-6-12(15-2)18-17-11/h3-7H,1-2H3,(H,15,18)(H,16,19). The van der Waals surface area contributed by atoms with Crippen molar-refractivity contribution in [1.29, 1.82) is 0 Å². The normalized spacial score (nSPS) is 10.1. The van der Waals surface area contributed by atoms with Crippen LogP contribution in [0.3, 0.4) is 0 Å². The number of carbonyl (C=O) groups excluding carboxylic acids is 1. The van der Waals surface area contributed by atoms with Crippen LogP contribution in [0.2, 0.25) is 0 Å². The summed E-state index contributed by atoms with van der Waals surface area (Å²) in [6.45, 7) is 1.63. The van der Waals surface area contributed by atoms with Gasteiger partial charge in [-0.15, -0.1) is 10.2 Å². The van der Waals surface area contributed by atoms with Crippen LogP contribution in [0, 0.1) is 12.7 Å². The minimum absolute atomic E-state index is 0.195. The largest absolute Gasteiger partial charge is 0.372 e. The van der Waals surface area contributed by atoms with E-state index in [9.17, 15) is 9.18 Å². The fourth-order valence-electron chi connectivity index (χ4n) is 1.50. The molecular formula is C13H13FN4O. The number of hydrogen-bond acceptors (Lipinski definition) is 4. The number of hydrogen-bond donors (Lipinski definition) is 2. The molecule has 0 aliphatic carbocycles. The number of carbonyl (C=O) groups is 1. The van der Waals surface area contributed by atoms with E-state index in [1.807, 2.05) is 0 Å². The SMILES string of the molecule is CNc1ccc(C(=O)Nc2ccc(F)c(C)c2)nn1. The van der Waals surface area contributed by atoms with Crippen molar-refractivity contribution >= 4 is 17.4 Å². The number of halogens is 1. The Hall–Kier alpha value is -2.50. The fraction of sp³-hybridized carbons (Fsp3) is 0.154. The molecule has 1 aromatic carbocycles. The number of benzene rings is 1. The Balaban J connectivity index is 2.13. The highest BCUT2D eigenvalue weighted by Crippen LogP contribution is 2.14. The molecule has 0 atom stereocenters. The number of aryl methyl sites for hydroxylation is 1. The molecule has 6 heteroatoms. The van der Waals surface area contributed by atoms with Gasteiger partial charge in [0.05, 0.1) is 0 Å². The second kappa shape index (κ2) is 5.43. The van der Waals surface area contributed by atoms with E-state index < -0.39 is 0 Å². The van der Waals surface area contributed by atoms with E-state index in [4.69, 9.17) is 0 Å². The lowest BCUT2D eigenvalue weighted by Crippen LogP contribution is -2.14. The summed E-state index contributed by atoms with van der Waals surface area (Å²) in [6.07, 6.45) is 0. The second-order valence-electron chi connectivity index (χ2n) is 3.97. The molecule has 2 rings (SSSR count). The summed E-state index contributed by atoms with van der Waals surface area (Å²) in [5.74, 6) is -0.119. The molecule has 1 heterocycles. The summed E-state index contributed by atoms with van der Waals surface area (Å²) in [5, 5.41) is 13.0. The molecular weight excluding hydrogens is 247 g/mol. The van der Waals surface area contributed by atoms with Crippen LogP contribution in [0.15, 0.2) is 30.3 Å². The molecule has 1 aromatic heterocycles. The van der Waals surface area contributed by atoms with Crippen molar-refractivity contribution in [3.05, 3.63) is 47.4 Å². The Morgan fingerprint density at radius 1 is 1.21 bits per heavy atom. The highest BCUT2D eigenvalue weighted by Gasteiger charge is 2.09. The number of nitrogens with zero attached hydrogens (tertiary/aromatic N) is 2. The van der Waals surface area contributed by atoms with Crippen molar-refractivity contribution in [3.8, 4) is 0 Å². The lowest BCUT2D eigenvalue weighted by atomic mass is 10.2. The van der Waals surface area contributed by atoms with Gasteiger partial charge in [-0.05, 0) is 42.8 Å². The molecule has 5 nitrogen and oxygen atoms in total. The maximum Gasteiger partial charge on any atom is 0.276 e. The van der Waals surface area contributed by atoms with E-state index >= 15 is 0 Å². The molecule has 0 spiro atoms. The molecule has 0 saturated heterocycles. The van der Waals surface area contributed by atoms with Crippen LogP contribution < -0.4 is 10.6 Å². The molecule has 0 aliphatic heterocycles. The van der Waals surface area contributed by atoms with Crippen LogP contribution in [0.1, 0.15) is 16.1 Å². The van der Waals surface area contributed by atoms with E-state index in [2.05, 4.69) is 20.8 Å². The van der Waals surface area contributed by atoms with E-state index in [1.54, 1.807) is 32.2 Å². The summed E-state index contributed by atoms with van der Waals surface area (Å²) in [4.78, 5) is 11.9. The zero-order chi connectivity index (χ0) is 13.8. The lowest BCUT2D eigenvalue weighted by Gasteiger charge is -2.06. The smallest absolute Gasteiger partial charge is 0.276 e. The third-order valence-corrected chi connectivity index (χ3v) is 2.57. The van der Waals surface area contributed by atoms with Gasteiger partial charge in [0.15, 0.2) is 5.69 Å². The predicted octanol–water partition coefficient (Wildman–Crippen LogP) is 2.22. The number of rotatable bonds is 3. The highest BCUT2D eigenvalue weighted by molar-refractivity contribution is 6.02. The maximum atomic E-state index is 13.1. The Bertz CT molecular complexity index is 598. The monoisotopic (exact) mass is 260 g/mol. The average Bonchev–Trinajstić information content (AvgIpc) is 2.43. The van der Waals surface area contributed by atoms with Gasteiger partial charge in [0, 0.05) is 12.7 Å². The Morgan fingerprint density at radius 2 is 2.00 bits per heavy atom. The summed E-state index contributed by atoms with van der Waals surface area (Å²) >= 11 is 0. The van der Waals surface area contributed by atoms with E-state index in [1.165, 1.54) is 12.1 Å². The maximum absolute atomic E-state index is 13.1. The number of anilines is 2. The van der Waals surface area contributed by atoms with Gasteiger partial charge in [-0.2, -0.15) is 0 Å². The van der Waals surface area contributed by atoms with Crippen LogP contribution in [0.4, 0.5) is 15.9 Å². The first-order chi connectivity index (χ1) is 9.10. The quantitative estimate of drug-likeness (QED) is 0.888. The summed E-state index contributed by atoms with van der Waals surface area (Å²) in [5.41, 5.74) is 1.18. The van der Waals surface area contributed by atoms with Crippen LogP contribution >= 0.6 is 0 Å². The zero-order valence-electron chi connectivity index (χ0n) is 10.6. The molecule has 2 N–H and O–H groups in total. The van der Waals surface area contributed by atoms with Gasteiger partial charge < -0.3 is 10.6 Å². The average molecular weight is 260 g/mol. The van der Waals surface area contributed by atoms with E-state index in [0.717, 1.165) is 0 Å². The minimum atomic E-state index is -0.388. The van der Waals surface area contributed by atoms with Crippen LogP contribution in [0.5, 0.6) is 0 Å². The predicted molar refractivity (Wildman–Crippen MR) is 70.7 cm³/mol. The fourth-order valence-corrected chi connectivity index (χ4v) is 1.50. The first-order valence-corrected chi connectivity index (χ1v) is 5.69. The molecule has 0 bridgehead atoms. The van der Waals surface area contributed by atoms with Gasteiger partial charge in [0.25, 0.3) is 5.91 Å². The van der Waals surface area contributed by atoms with Crippen molar-refractivity contribution in [2.24, 2.45) is 0 Å². The van der Waals surface area contributed by atoms with Gasteiger partial charge in [-0.3, -0.25) is 4.79 Å². The van der Waals surface area contributed by atoms with E-state index in [-0.39, 0.29) is 17.4 Å². The second-order valence-corrected chi connectivity index (χ2v) is 3.97. The Labute approximate surface area is 109 Å². The number of amides is 1. The Kier molecular flexibility index (Phi) is 3.70. The van der Waals surface area contributed by atoms with E-state index in [0.29, 0.717) is 17.1 Å². The first kappa shape index (κ1) is 12.9. The van der Waals surface area contributed by atoms with Crippen LogP contribution in [-0.2, 0) is 0 Å². The van der Waals surface area contributed by atoms with Gasteiger partial charge >= 0.3 is 0 Å². The van der Waals surface area contributed by atoms with Gasteiger partial charge in [0.1, 0.15) is 11.6 Å². The molecule has 1 amide bonds. The summed E-state index contributed by atoms with van der Waals surface area (Å²) in [6, 6.07) is 7.57. The molecule has 0 saturated carbocycles. The van der Waals surface area contributed by atoms with Crippen LogP contribution in [-0.4, -0.2) is 23.2 Å². The summed E-state index contributed by atoms with van der Waals surface area (Å²) in [7, 11) is 1.71. The molecule has 0 aliphatic rings. The topological polar surface area (TPSA) is 66.9 Å². The third-order valence-electron chi connectivity index (χ3n) is 2.57. The molecule has 2 aromatic rings. The van der Waals surface area contributed by atoms with Crippen molar-refractivity contribution in [2.75, 3.05) is 17.7 Å². The third kappa shape index (κ3) is 3.04. The molecule has 0 fully saturated rings. The molecule has 19 heavy (non-hydrogen) atoms. The highest BCUT2D eigenvalue weighted by atomic mass is 19.1. The first-order valence-electron chi connectivity index (χ1n) is 5.69. The van der Waals surface area contributed by atoms with Gasteiger partial charge in [0.2, 0.25) is 0 Å². The Morgan fingerprint density at radius 3 is 2.58 bits per heavy atom. The van der Waals surface area contributed by atoms with Gasteiger partial charge in [-0.25, -0.2) is 4.39 Å². The van der Waals surface area contributed by atoms with Crippen LogP contribution in [0.25, 0.3) is 0 Å². The number of nitrogens with one attached hydrogen (secondary N) is 2. The molecule has 98 valence electrons. The van der Waals surface area contributed by atoms with Crippen molar-refractivity contribution in [3.63, 3.8) is 0 Å². The lowest BCUT2D eigenvalue weighted by molar-refractivity contribution is 0.102. The number of aromatic nitrogens is 2. The van der Waals surface area contributed by atoms with Crippen molar-refractivity contribution in [1.82, 2.24) is 10.2 Å². The zero-order valence-corrected chi connectivity index (χ0v) is 10.6. The van der Waals surface area contributed by atoms with Crippen molar-refractivity contribution in [2.45, 2.75) is 6.92 Å². The van der Waals surface area contributed by atoms with Crippen molar-refractivity contribution < 1.29 is 9.18 Å². The van der Waals surface area contributed by atoms with Gasteiger partial charge in [-0.1, -0.05) is 0 Å².